The highest BCUT2D eigenvalue weighted by molar-refractivity contribution is 5.77. The number of hydrogen-bond acceptors (Lipinski definition) is 3. The van der Waals surface area contributed by atoms with E-state index in [1.165, 1.54) is 12.1 Å². The number of halogens is 1. The van der Waals surface area contributed by atoms with Gasteiger partial charge in [-0.25, -0.2) is 14.2 Å². The molecule has 0 bridgehead atoms. The van der Waals surface area contributed by atoms with Crippen LogP contribution in [-0.4, -0.2) is 39.0 Å². The van der Waals surface area contributed by atoms with Crippen LogP contribution in [0.2, 0.25) is 0 Å². The number of nitrogens with zero attached hydrogens (tertiary/aromatic N) is 3. The summed E-state index contributed by atoms with van der Waals surface area (Å²) in [5.41, 5.74) is 2.68. The third-order valence-electron chi connectivity index (χ3n) is 4.57. The lowest BCUT2D eigenvalue weighted by molar-refractivity contribution is 0.208. The largest absolute Gasteiger partial charge is 0.339 e. The van der Waals surface area contributed by atoms with Crippen molar-refractivity contribution in [2.24, 2.45) is 0 Å². The molecule has 0 atom stereocenters. The molecule has 3 aromatic rings. The van der Waals surface area contributed by atoms with Crippen LogP contribution in [0.15, 0.2) is 48.7 Å². The molecule has 0 unspecified atom stereocenters. The monoisotopic (exact) mass is 365 g/mol. The first-order chi connectivity index (χ1) is 13.2. The second-order valence-corrected chi connectivity index (χ2v) is 6.49. The van der Waals surface area contributed by atoms with Crippen LogP contribution >= 0.6 is 0 Å². The molecule has 1 fully saturated rings. The Hall–Kier alpha value is -3.22. The van der Waals surface area contributed by atoms with Gasteiger partial charge in [0.1, 0.15) is 11.6 Å². The van der Waals surface area contributed by atoms with Gasteiger partial charge < -0.3 is 15.2 Å². The molecule has 0 radical (unpaired) electrons. The fraction of sp³-hybridized carbons (Fsp3) is 0.250. The van der Waals surface area contributed by atoms with Gasteiger partial charge in [0.15, 0.2) is 0 Å². The maximum Gasteiger partial charge on any atom is 0.317 e. The van der Waals surface area contributed by atoms with Crippen molar-refractivity contribution in [3.05, 3.63) is 60.3 Å². The zero-order valence-corrected chi connectivity index (χ0v) is 14.8. The minimum atomic E-state index is -0.327. The first-order valence-corrected chi connectivity index (χ1v) is 9.00. The maximum absolute atomic E-state index is 13.7. The number of imidazole rings is 1. The summed E-state index contributed by atoms with van der Waals surface area (Å²) in [5, 5.41) is 2.89. The number of nitrogens with one attached hydrogen (secondary N) is 2. The van der Waals surface area contributed by atoms with Crippen LogP contribution in [0.25, 0.3) is 22.6 Å². The average molecular weight is 365 g/mol. The summed E-state index contributed by atoms with van der Waals surface area (Å²) in [5.74, 6) is 0.272. The van der Waals surface area contributed by atoms with Crippen molar-refractivity contribution in [1.29, 1.82) is 0 Å². The Balaban J connectivity index is 1.62. The number of pyridine rings is 1. The van der Waals surface area contributed by atoms with Gasteiger partial charge in [0.05, 0.1) is 23.6 Å². The first-order valence-electron chi connectivity index (χ1n) is 9.00. The second-order valence-electron chi connectivity index (χ2n) is 6.49. The summed E-state index contributed by atoms with van der Waals surface area (Å²) < 4.78 is 13.7. The molecule has 3 heterocycles. The van der Waals surface area contributed by atoms with Crippen LogP contribution in [0.3, 0.4) is 0 Å². The molecule has 2 amide bonds. The topological polar surface area (TPSA) is 73.9 Å². The molecular formula is C20H20FN5O. The van der Waals surface area contributed by atoms with Crippen molar-refractivity contribution in [3.63, 3.8) is 0 Å². The highest BCUT2D eigenvalue weighted by Crippen LogP contribution is 2.29. The van der Waals surface area contributed by atoms with E-state index in [1.807, 2.05) is 18.2 Å². The number of urea groups is 1. The van der Waals surface area contributed by atoms with Gasteiger partial charge in [-0.3, -0.25) is 4.98 Å². The summed E-state index contributed by atoms with van der Waals surface area (Å²) in [6.07, 6.45) is 3.78. The van der Waals surface area contributed by atoms with Crippen molar-refractivity contribution >= 4 is 6.03 Å². The van der Waals surface area contributed by atoms with Gasteiger partial charge in [-0.15, -0.1) is 0 Å². The molecule has 1 aliphatic heterocycles. The fourth-order valence-electron chi connectivity index (χ4n) is 3.24. The molecule has 1 aliphatic rings. The van der Waals surface area contributed by atoms with E-state index in [4.69, 9.17) is 0 Å². The Kier molecular flexibility index (Phi) is 4.82. The van der Waals surface area contributed by atoms with Gasteiger partial charge >= 0.3 is 6.03 Å². The van der Waals surface area contributed by atoms with E-state index in [2.05, 4.69) is 20.3 Å². The summed E-state index contributed by atoms with van der Waals surface area (Å²) in [7, 11) is 0. The van der Waals surface area contributed by atoms with Crippen LogP contribution in [0, 0.1) is 5.82 Å². The molecule has 1 aromatic carbocycles. The zero-order chi connectivity index (χ0) is 18.6. The summed E-state index contributed by atoms with van der Waals surface area (Å²) in [6, 6.07) is 11.8. The van der Waals surface area contributed by atoms with Crippen LogP contribution in [-0.2, 0) is 6.54 Å². The van der Waals surface area contributed by atoms with Crippen LogP contribution in [0.1, 0.15) is 18.7 Å². The molecule has 2 N–H and O–H groups in total. The van der Waals surface area contributed by atoms with Crippen LogP contribution in [0.4, 0.5) is 9.18 Å². The Labute approximate surface area is 156 Å². The number of amides is 2. The molecule has 7 heteroatoms. The normalized spacial score (nSPS) is 13.7. The predicted molar refractivity (Wildman–Crippen MR) is 100 cm³/mol. The number of carbonyl (C=O) groups excluding carboxylic acids is 1. The second kappa shape index (κ2) is 7.57. The average Bonchev–Trinajstić information content (AvgIpc) is 3.37. The summed E-state index contributed by atoms with van der Waals surface area (Å²) in [6.45, 7) is 1.85. The van der Waals surface area contributed by atoms with E-state index in [9.17, 15) is 9.18 Å². The van der Waals surface area contributed by atoms with E-state index in [1.54, 1.807) is 23.2 Å². The van der Waals surface area contributed by atoms with Gasteiger partial charge in [0.2, 0.25) is 0 Å². The van der Waals surface area contributed by atoms with E-state index in [0.717, 1.165) is 25.9 Å². The summed E-state index contributed by atoms with van der Waals surface area (Å²) in [4.78, 5) is 26.2. The van der Waals surface area contributed by atoms with E-state index >= 15 is 0 Å². The maximum atomic E-state index is 13.7. The van der Waals surface area contributed by atoms with Gasteiger partial charge in [-0.2, -0.15) is 0 Å². The number of benzene rings is 1. The Morgan fingerprint density at radius 2 is 2.04 bits per heavy atom. The lowest BCUT2D eigenvalue weighted by Gasteiger charge is -2.15. The lowest BCUT2D eigenvalue weighted by atomic mass is 10.1. The molecule has 27 heavy (non-hydrogen) atoms. The lowest BCUT2D eigenvalue weighted by Crippen LogP contribution is -2.37. The van der Waals surface area contributed by atoms with Crippen molar-refractivity contribution in [2.75, 3.05) is 13.1 Å². The zero-order valence-electron chi connectivity index (χ0n) is 14.8. The minimum Gasteiger partial charge on any atom is -0.339 e. The standard InChI is InChI=1S/C20H20FN5O/c21-15-7-5-6-14(12-15)18-19(16-8-1-2-9-22-16)25-17(24-18)13-23-20(27)26-10-3-4-11-26/h1-2,5-9,12H,3-4,10-11,13H2,(H,23,27)(H,24,25). The molecule has 6 nitrogen and oxygen atoms in total. The number of aromatic amines is 1. The van der Waals surface area contributed by atoms with Gasteiger partial charge in [-0.1, -0.05) is 18.2 Å². The van der Waals surface area contributed by atoms with Crippen LogP contribution in [0.5, 0.6) is 0 Å². The Bertz CT molecular complexity index is 935. The third kappa shape index (κ3) is 3.81. The van der Waals surface area contributed by atoms with Gasteiger partial charge in [0.25, 0.3) is 0 Å². The van der Waals surface area contributed by atoms with Crippen molar-refractivity contribution in [2.45, 2.75) is 19.4 Å². The van der Waals surface area contributed by atoms with Gasteiger partial charge in [-0.05, 0) is 37.1 Å². The molecule has 0 spiro atoms. The molecular weight excluding hydrogens is 345 g/mol. The van der Waals surface area contributed by atoms with Crippen molar-refractivity contribution < 1.29 is 9.18 Å². The van der Waals surface area contributed by atoms with E-state index in [0.29, 0.717) is 28.5 Å². The molecule has 138 valence electrons. The fourth-order valence-corrected chi connectivity index (χ4v) is 3.24. The van der Waals surface area contributed by atoms with Crippen molar-refractivity contribution in [1.82, 2.24) is 25.2 Å². The smallest absolute Gasteiger partial charge is 0.317 e. The predicted octanol–water partition coefficient (Wildman–Crippen LogP) is 3.58. The van der Waals surface area contributed by atoms with Gasteiger partial charge in [0, 0.05) is 24.8 Å². The molecule has 4 rings (SSSR count). The van der Waals surface area contributed by atoms with E-state index < -0.39 is 0 Å². The number of likely N-dealkylation sites (tertiary alicyclic amines) is 1. The SMILES string of the molecule is O=C(NCc1nc(-c2cccc(F)c2)c(-c2ccccn2)[nH]1)N1CCCC1. The minimum absolute atomic E-state index is 0.0874. The number of rotatable bonds is 4. The summed E-state index contributed by atoms with van der Waals surface area (Å²) >= 11 is 0. The molecule has 0 aliphatic carbocycles. The Morgan fingerprint density at radius 1 is 1.19 bits per heavy atom. The molecule has 1 saturated heterocycles. The van der Waals surface area contributed by atoms with Crippen molar-refractivity contribution in [3.8, 4) is 22.6 Å². The highest BCUT2D eigenvalue weighted by atomic mass is 19.1. The number of hydrogen-bond donors (Lipinski definition) is 2. The van der Waals surface area contributed by atoms with Crippen LogP contribution < -0.4 is 5.32 Å². The quantitative estimate of drug-likeness (QED) is 0.742. The number of carbonyl (C=O) groups is 1. The Morgan fingerprint density at radius 3 is 2.78 bits per heavy atom. The number of H-pyrrole nitrogens is 1. The first kappa shape index (κ1) is 17.2. The number of aromatic nitrogens is 3. The molecule has 2 aromatic heterocycles. The molecule has 0 saturated carbocycles. The van der Waals surface area contributed by atoms with E-state index in [-0.39, 0.29) is 18.4 Å². The third-order valence-corrected chi connectivity index (χ3v) is 4.57. The highest BCUT2D eigenvalue weighted by Gasteiger charge is 2.19.